The quantitative estimate of drug-likeness (QED) is 0.312. The van der Waals surface area contributed by atoms with Crippen LogP contribution in [0.4, 0.5) is 30.6 Å². The number of hydrogen-bond donors (Lipinski definition) is 2. The van der Waals surface area contributed by atoms with Crippen LogP contribution in [-0.4, -0.2) is 53.9 Å². The number of likely N-dealkylation sites (N-methyl/N-ethyl adjacent to an activating group) is 1. The summed E-state index contributed by atoms with van der Waals surface area (Å²) in [5, 5.41) is 6.22. The SMILES string of the molecule is Cc1cc(Oc2ccccc2)ccc1N1C(=O)Nc2c(C(=O)NC3CN(C)CC(F)(F)C3)sc3nccc1c23. The van der Waals surface area contributed by atoms with E-state index in [1.807, 2.05) is 49.4 Å². The number of piperidine rings is 1. The predicted molar refractivity (Wildman–Crippen MR) is 147 cm³/mol. The average molecular weight is 550 g/mol. The molecule has 2 aromatic heterocycles. The van der Waals surface area contributed by atoms with Gasteiger partial charge < -0.3 is 15.4 Å². The lowest BCUT2D eigenvalue weighted by Gasteiger charge is -2.35. The maximum absolute atomic E-state index is 14.1. The lowest BCUT2D eigenvalue weighted by atomic mass is 10.0. The Balaban J connectivity index is 1.32. The monoisotopic (exact) mass is 549 g/mol. The fourth-order valence-electron chi connectivity index (χ4n) is 5.22. The number of ether oxygens (including phenoxy) is 1. The molecule has 4 aromatic rings. The fourth-order valence-corrected chi connectivity index (χ4v) is 6.25. The Morgan fingerprint density at radius 3 is 2.69 bits per heavy atom. The van der Waals surface area contributed by atoms with Gasteiger partial charge in [0.15, 0.2) is 0 Å². The van der Waals surface area contributed by atoms with Gasteiger partial charge in [-0.25, -0.2) is 18.6 Å². The zero-order chi connectivity index (χ0) is 27.3. The number of para-hydroxylation sites is 1. The molecule has 2 aliphatic rings. The Hall–Kier alpha value is -4.09. The molecule has 1 saturated heterocycles. The molecule has 2 aliphatic heterocycles. The van der Waals surface area contributed by atoms with Crippen molar-refractivity contribution in [3.05, 3.63) is 71.2 Å². The second-order valence-corrected chi connectivity index (χ2v) is 10.9. The summed E-state index contributed by atoms with van der Waals surface area (Å²) in [6, 6.07) is 15.4. The van der Waals surface area contributed by atoms with E-state index in [1.165, 1.54) is 4.90 Å². The van der Waals surface area contributed by atoms with E-state index in [4.69, 9.17) is 4.74 Å². The van der Waals surface area contributed by atoms with Crippen LogP contribution in [0, 0.1) is 6.92 Å². The molecule has 4 heterocycles. The second kappa shape index (κ2) is 9.58. The van der Waals surface area contributed by atoms with Gasteiger partial charge in [0.1, 0.15) is 21.2 Å². The van der Waals surface area contributed by atoms with Crippen molar-refractivity contribution in [2.45, 2.75) is 25.3 Å². The molecular formula is C28H25F2N5O3S. The first-order valence-corrected chi connectivity index (χ1v) is 13.2. The minimum Gasteiger partial charge on any atom is -0.457 e. The van der Waals surface area contributed by atoms with Gasteiger partial charge in [0, 0.05) is 25.2 Å². The first-order valence-electron chi connectivity index (χ1n) is 12.4. The third kappa shape index (κ3) is 4.79. The molecule has 2 aromatic carbocycles. The summed E-state index contributed by atoms with van der Waals surface area (Å²) in [6.07, 6.45) is 1.15. The molecular weight excluding hydrogens is 524 g/mol. The maximum Gasteiger partial charge on any atom is 0.331 e. The van der Waals surface area contributed by atoms with Crippen LogP contribution in [0.15, 0.2) is 60.8 Å². The molecule has 0 saturated carbocycles. The molecule has 8 nitrogen and oxygen atoms in total. The Kier molecular flexibility index (Phi) is 6.19. The smallest absolute Gasteiger partial charge is 0.331 e. The van der Waals surface area contributed by atoms with Crippen LogP contribution in [-0.2, 0) is 0 Å². The van der Waals surface area contributed by atoms with Crippen molar-refractivity contribution in [3.8, 4) is 11.5 Å². The van der Waals surface area contributed by atoms with E-state index in [-0.39, 0.29) is 11.4 Å². The Morgan fingerprint density at radius 2 is 1.95 bits per heavy atom. The first kappa shape index (κ1) is 25.2. The number of aromatic nitrogens is 1. The number of urea groups is 1. The van der Waals surface area contributed by atoms with Gasteiger partial charge in [-0.3, -0.25) is 14.6 Å². The summed E-state index contributed by atoms with van der Waals surface area (Å²) in [5.41, 5.74) is 2.38. The molecule has 2 N–H and O–H groups in total. The third-order valence-electron chi connectivity index (χ3n) is 6.75. The van der Waals surface area contributed by atoms with Gasteiger partial charge in [-0.1, -0.05) is 18.2 Å². The number of benzene rings is 2. The second-order valence-electron chi connectivity index (χ2n) is 9.87. The number of aryl methyl sites for hydroxylation is 1. The molecule has 1 atom stereocenters. The summed E-state index contributed by atoms with van der Waals surface area (Å²) in [4.78, 5) is 35.0. The van der Waals surface area contributed by atoms with Crippen LogP contribution in [0.1, 0.15) is 21.7 Å². The number of thiophene rings is 1. The van der Waals surface area contributed by atoms with Crippen LogP contribution >= 0.6 is 11.3 Å². The van der Waals surface area contributed by atoms with Crippen LogP contribution in [0.3, 0.4) is 0 Å². The average Bonchev–Trinajstić information content (AvgIpc) is 3.24. The standard InChI is InChI=1S/C28H25F2N5O3S/c1-16-12-19(38-18-6-4-3-5-7-18)8-9-20(16)35-21-10-11-31-26-22(21)23(33-27(35)37)24(39-26)25(36)32-17-13-28(29,30)15-34(2)14-17/h3-12,17H,13-15H2,1-2H3,(H,32,36)(H,33,37). The zero-order valence-corrected chi connectivity index (χ0v) is 22.0. The largest absolute Gasteiger partial charge is 0.457 e. The zero-order valence-electron chi connectivity index (χ0n) is 21.2. The van der Waals surface area contributed by atoms with Crippen molar-refractivity contribution in [2.24, 2.45) is 0 Å². The summed E-state index contributed by atoms with van der Waals surface area (Å²) < 4.78 is 34.1. The van der Waals surface area contributed by atoms with E-state index in [2.05, 4.69) is 15.6 Å². The number of anilines is 3. The molecule has 11 heteroatoms. The molecule has 1 fully saturated rings. The highest BCUT2D eigenvalue weighted by atomic mass is 32.1. The molecule has 0 spiro atoms. The highest BCUT2D eigenvalue weighted by Gasteiger charge is 2.40. The van der Waals surface area contributed by atoms with E-state index in [9.17, 15) is 18.4 Å². The van der Waals surface area contributed by atoms with E-state index in [0.717, 1.165) is 16.9 Å². The number of alkyl halides is 2. The number of rotatable bonds is 5. The van der Waals surface area contributed by atoms with E-state index < -0.39 is 30.3 Å². The summed E-state index contributed by atoms with van der Waals surface area (Å²) in [7, 11) is 1.60. The number of likely N-dealkylation sites (tertiary alicyclic amines) is 1. The Bertz CT molecular complexity index is 1590. The molecule has 0 bridgehead atoms. The predicted octanol–water partition coefficient (Wildman–Crippen LogP) is 6.15. The topological polar surface area (TPSA) is 86.8 Å². The normalized spacial score (nSPS) is 18.6. The van der Waals surface area contributed by atoms with Crippen molar-refractivity contribution in [1.82, 2.24) is 15.2 Å². The maximum atomic E-state index is 14.1. The lowest BCUT2D eigenvalue weighted by molar-refractivity contribution is -0.0670. The number of nitrogens with one attached hydrogen (secondary N) is 2. The summed E-state index contributed by atoms with van der Waals surface area (Å²) in [5.74, 6) is -2.06. The number of carbonyl (C=O) groups is 2. The summed E-state index contributed by atoms with van der Waals surface area (Å²) in [6.45, 7) is 1.86. The molecule has 1 unspecified atom stereocenters. The molecule has 3 amide bonds. The minimum atomic E-state index is -2.89. The number of halogens is 2. The minimum absolute atomic E-state index is 0.234. The van der Waals surface area contributed by atoms with Crippen LogP contribution in [0.2, 0.25) is 0 Å². The van der Waals surface area contributed by atoms with Gasteiger partial charge in [0.05, 0.1) is 29.0 Å². The number of nitrogens with zero attached hydrogens (tertiary/aromatic N) is 3. The van der Waals surface area contributed by atoms with Gasteiger partial charge in [0.2, 0.25) is 0 Å². The van der Waals surface area contributed by atoms with Crippen molar-refractivity contribution >= 4 is 50.6 Å². The van der Waals surface area contributed by atoms with E-state index >= 15 is 0 Å². The Morgan fingerprint density at radius 1 is 1.15 bits per heavy atom. The highest BCUT2D eigenvalue weighted by Crippen LogP contribution is 2.46. The molecule has 39 heavy (non-hydrogen) atoms. The molecule has 0 radical (unpaired) electrons. The van der Waals surface area contributed by atoms with Crippen molar-refractivity contribution in [1.29, 1.82) is 0 Å². The van der Waals surface area contributed by atoms with Crippen molar-refractivity contribution < 1.29 is 23.1 Å². The van der Waals surface area contributed by atoms with Gasteiger partial charge in [-0.2, -0.15) is 0 Å². The molecule has 200 valence electrons. The van der Waals surface area contributed by atoms with Gasteiger partial charge in [0.25, 0.3) is 11.8 Å². The highest BCUT2D eigenvalue weighted by molar-refractivity contribution is 7.21. The molecule has 0 aliphatic carbocycles. The number of pyridine rings is 1. The Labute approximate surface area is 227 Å². The fraction of sp³-hybridized carbons (Fsp3) is 0.250. The van der Waals surface area contributed by atoms with Gasteiger partial charge >= 0.3 is 6.03 Å². The first-order chi connectivity index (χ1) is 18.7. The third-order valence-corrected chi connectivity index (χ3v) is 7.85. The number of carbonyl (C=O) groups excluding carboxylic acids is 2. The van der Waals surface area contributed by atoms with Gasteiger partial charge in [-0.15, -0.1) is 11.3 Å². The molecule has 6 rings (SSSR count). The summed E-state index contributed by atoms with van der Waals surface area (Å²) >= 11 is 1.12. The van der Waals surface area contributed by atoms with E-state index in [1.54, 1.807) is 30.3 Å². The van der Waals surface area contributed by atoms with Crippen LogP contribution < -0.4 is 20.3 Å². The number of amides is 3. The number of hydrogen-bond acceptors (Lipinski definition) is 6. The van der Waals surface area contributed by atoms with Crippen LogP contribution in [0.25, 0.3) is 10.2 Å². The van der Waals surface area contributed by atoms with Gasteiger partial charge in [-0.05, 0) is 55.9 Å². The van der Waals surface area contributed by atoms with E-state index in [0.29, 0.717) is 45.3 Å². The lowest BCUT2D eigenvalue weighted by Crippen LogP contribution is -2.53. The van der Waals surface area contributed by atoms with Crippen molar-refractivity contribution in [3.63, 3.8) is 0 Å². The van der Waals surface area contributed by atoms with Crippen molar-refractivity contribution in [2.75, 3.05) is 30.4 Å². The van der Waals surface area contributed by atoms with Crippen LogP contribution in [0.5, 0.6) is 11.5 Å².